The third kappa shape index (κ3) is 5.39. The summed E-state index contributed by atoms with van der Waals surface area (Å²) >= 11 is 0. The Labute approximate surface area is 260 Å². The second-order valence-electron chi connectivity index (χ2n) is 11.8. The highest BCUT2D eigenvalue weighted by atomic mass is 16.5. The lowest BCUT2D eigenvalue weighted by atomic mass is 9.98. The molecule has 234 valence electrons. The second kappa shape index (κ2) is 12.1. The van der Waals surface area contributed by atoms with E-state index in [0.717, 1.165) is 25.1 Å². The van der Waals surface area contributed by atoms with Crippen LogP contribution in [0, 0.1) is 0 Å². The van der Waals surface area contributed by atoms with Crippen molar-refractivity contribution in [3.8, 4) is 11.1 Å². The van der Waals surface area contributed by atoms with Gasteiger partial charge in [0.15, 0.2) is 6.23 Å². The first-order valence-corrected chi connectivity index (χ1v) is 15.5. The molecule has 3 N–H and O–H groups in total. The van der Waals surface area contributed by atoms with Gasteiger partial charge in [-0.25, -0.2) is 9.97 Å². The molecule has 4 aromatic heterocycles. The molecule has 1 atom stereocenters. The van der Waals surface area contributed by atoms with Gasteiger partial charge in [0.05, 0.1) is 31.1 Å². The van der Waals surface area contributed by atoms with Crippen LogP contribution in [0.5, 0.6) is 0 Å². The summed E-state index contributed by atoms with van der Waals surface area (Å²) in [7, 11) is 1.67. The average Bonchev–Trinajstić information content (AvgIpc) is 3.47. The molecule has 1 fully saturated rings. The molecule has 12 nitrogen and oxygen atoms in total. The number of anilines is 3. The van der Waals surface area contributed by atoms with Gasteiger partial charge in [0.25, 0.3) is 11.5 Å². The van der Waals surface area contributed by atoms with E-state index in [1.807, 2.05) is 4.90 Å². The van der Waals surface area contributed by atoms with Crippen LogP contribution < -0.4 is 15.8 Å². The van der Waals surface area contributed by atoms with Crippen molar-refractivity contribution in [1.29, 1.82) is 0 Å². The number of morpholine rings is 1. The van der Waals surface area contributed by atoms with Crippen LogP contribution in [0.2, 0.25) is 0 Å². The van der Waals surface area contributed by atoms with Crippen LogP contribution in [0.25, 0.3) is 11.1 Å². The van der Waals surface area contributed by atoms with Crippen molar-refractivity contribution in [2.24, 2.45) is 7.05 Å². The van der Waals surface area contributed by atoms with Gasteiger partial charge < -0.3 is 39.2 Å². The standard InChI is InChI=1S/C33H37N7O5/c1-37-19-23(16-26(32(37)43)36-29-7-6-22(18-35-29)31(42)38-12-14-45-15-13-38)24-8-9-34-30(25(24)20-41)40-11-10-39-27-5-3-2-4-21(27)17-28(39)33(40)44/h6-9,16-19,33,41,44H,2-5,10-15,20H2,1H3,(H,35,36). The maximum absolute atomic E-state index is 13.1. The molecule has 12 heteroatoms. The Morgan fingerprint density at radius 2 is 1.89 bits per heavy atom. The van der Waals surface area contributed by atoms with Crippen LogP contribution in [-0.2, 0) is 37.8 Å². The highest BCUT2D eigenvalue weighted by molar-refractivity contribution is 5.94. The van der Waals surface area contributed by atoms with Crippen molar-refractivity contribution < 1.29 is 19.7 Å². The Balaban J connectivity index is 1.17. The topological polar surface area (TPSA) is 138 Å². The Bertz CT molecular complexity index is 1790. The van der Waals surface area contributed by atoms with Crippen LogP contribution >= 0.6 is 0 Å². The average molecular weight is 612 g/mol. The molecule has 2 aliphatic heterocycles. The molecule has 0 radical (unpaired) electrons. The molecule has 6 heterocycles. The number of aliphatic hydroxyl groups excluding tert-OH is 2. The largest absolute Gasteiger partial charge is 0.392 e. The SMILES string of the molecule is Cn1cc(-c2ccnc(N3CCn4c(cc5c4CCCC5)C3O)c2CO)cc(Nc2ccc(C(=O)N3CCOCC3)cn2)c1=O. The predicted molar refractivity (Wildman–Crippen MR) is 168 cm³/mol. The van der Waals surface area contributed by atoms with Crippen LogP contribution in [0.1, 0.15) is 51.9 Å². The van der Waals surface area contributed by atoms with Gasteiger partial charge in [-0.15, -0.1) is 0 Å². The summed E-state index contributed by atoms with van der Waals surface area (Å²) in [6.45, 7) is 3.10. The number of fused-ring (bicyclic) bond motifs is 3. The summed E-state index contributed by atoms with van der Waals surface area (Å²) in [5.74, 6) is 0.827. The van der Waals surface area contributed by atoms with Gasteiger partial charge in [-0.3, -0.25) is 9.59 Å². The van der Waals surface area contributed by atoms with Crippen molar-refractivity contribution >= 4 is 23.2 Å². The minimum absolute atomic E-state index is 0.105. The van der Waals surface area contributed by atoms with Crippen molar-refractivity contribution in [3.05, 3.63) is 87.4 Å². The number of ether oxygens (including phenoxy) is 1. The molecular weight excluding hydrogens is 574 g/mol. The first kappa shape index (κ1) is 29.2. The Kier molecular flexibility index (Phi) is 7.86. The van der Waals surface area contributed by atoms with E-state index in [1.165, 1.54) is 34.9 Å². The van der Waals surface area contributed by atoms with E-state index < -0.39 is 6.23 Å². The smallest absolute Gasteiger partial charge is 0.274 e. The van der Waals surface area contributed by atoms with Crippen LogP contribution in [0.4, 0.5) is 17.3 Å². The maximum Gasteiger partial charge on any atom is 0.274 e. The lowest BCUT2D eigenvalue weighted by molar-refractivity contribution is 0.0302. The summed E-state index contributed by atoms with van der Waals surface area (Å²) in [5, 5.41) is 25.2. The van der Waals surface area contributed by atoms with Gasteiger partial charge >= 0.3 is 0 Å². The normalized spacial score (nSPS) is 18.0. The van der Waals surface area contributed by atoms with E-state index in [9.17, 15) is 19.8 Å². The third-order valence-corrected chi connectivity index (χ3v) is 9.09. The molecule has 1 amide bonds. The quantitative estimate of drug-likeness (QED) is 0.301. The number of aryl methyl sites for hydroxylation is 2. The van der Waals surface area contributed by atoms with E-state index in [0.29, 0.717) is 72.4 Å². The third-order valence-electron chi connectivity index (χ3n) is 9.09. The number of rotatable bonds is 6. The van der Waals surface area contributed by atoms with Gasteiger partial charge in [-0.05, 0) is 67.1 Å². The Morgan fingerprint density at radius 3 is 2.67 bits per heavy atom. The predicted octanol–water partition coefficient (Wildman–Crippen LogP) is 2.74. The summed E-state index contributed by atoms with van der Waals surface area (Å²) < 4.78 is 9.06. The minimum atomic E-state index is -0.890. The lowest BCUT2D eigenvalue weighted by Crippen LogP contribution is -2.40. The van der Waals surface area contributed by atoms with Crippen LogP contribution in [0.3, 0.4) is 0 Å². The first-order valence-electron chi connectivity index (χ1n) is 15.5. The summed E-state index contributed by atoms with van der Waals surface area (Å²) in [5.41, 5.74) is 5.97. The fraction of sp³-hybridized carbons (Fsp3) is 0.394. The zero-order valence-electron chi connectivity index (χ0n) is 25.3. The molecule has 1 aliphatic carbocycles. The monoisotopic (exact) mass is 611 g/mol. The number of carbonyl (C=O) groups is 1. The van der Waals surface area contributed by atoms with Gasteiger partial charge in [0.2, 0.25) is 0 Å². The molecule has 7 rings (SSSR count). The maximum atomic E-state index is 13.1. The first-order chi connectivity index (χ1) is 21.9. The number of aliphatic hydroxyl groups is 2. The fourth-order valence-electron chi connectivity index (χ4n) is 6.76. The summed E-state index contributed by atoms with van der Waals surface area (Å²) in [6, 6.07) is 9.02. The molecule has 0 saturated carbocycles. The van der Waals surface area contributed by atoms with Gasteiger partial charge in [0.1, 0.15) is 17.3 Å². The summed E-state index contributed by atoms with van der Waals surface area (Å²) in [6.07, 6.45) is 8.40. The highest BCUT2D eigenvalue weighted by Gasteiger charge is 2.32. The number of aromatic nitrogens is 4. The van der Waals surface area contributed by atoms with E-state index in [2.05, 4.69) is 25.9 Å². The van der Waals surface area contributed by atoms with E-state index in [1.54, 1.807) is 48.6 Å². The van der Waals surface area contributed by atoms with Crippen LogP contribution in [-0.4, -0.2) is 73.0 Å². The number of nitrogens with zero attached hydrogens (tertiary/aromatic N) is 6. The Morgan fingerprint density at radius 1 is 1.07 bits per heavy atom. The highest BCUT2D eigenvalue weighted by Crippen LogP contribution is 2.38. The molecule has 0 spiro atoms. The van der Waals surface area contributed by atoms with Gasteiger partial charge in [-0.2, -0.15) is 0 Å². The van der Waals surface area contributed by atoms with Crippen molar-refractivity contribution in [3.63, 3.8) is 0 Å². The zero-order valence-corrected chi connectivity index (χ0v) is 25.3. The molecule has 1 saturated heterocycles. The van der Waals surface area contributed by atoms with Crippen molar-refractivity contribution in [2.75, 3.05) is 43.1 Å². The van der Waals surface area contributed by atoms with Crippen molar-refractivity contribution in [1.82, 2.24) is 24.0 Å². The number of pyridine rings is 3. The number of nitrogens with one attached hydrogen (secondary N) is 1. The minimum Gasteiger partial charge on any atom is -0.392 e. The van der Waals surface area contributed by atoms with Crippen LogP contribution in [0.15, 0.2) is 53.7 Å². The molecule has 0 bridgehead atoms. The second-order valence-corrected chi connectivity index (χ2v) is 11.8. The molecule has 3 aliphatic rings. The zero-order chi connectivity index (χ0) is 31.1. The number of hydrogen-bond donors (Lipinski definition) is 3. The van der Waals surface area contributed by atoms with E-state index in [-0.39, 0.29) is 18.1 Å². The molecule has 4 aromatic rings. The summed E-state index contributed by atoms with van der Waals surface area (Å²) in [4.78, 5) is 38.6. The lowest BCUT2D eigenvalue weighted by Gasteiger charge is -2.36. The Hall–Kier alpha value is -4.52. The molecule has 45 heavy (non-hydrogen) atoms. The number of carbonyl (C=O) groups excluding carboxylic acids is 1. The van der Waals surface area contributed by atoms with E-state index in [4.69, 9.17) is 4.74 Å². The van der Waals surface area contributed by atoms with Gasteiger partial charge in [-0.1, -0.05) is 0 Å². The van der Waals surface area contributed by atoms with E-state index >= 15 is 0 Å². The number of hydrogen-bond acceptors (Lipinski definition) is 9. The molecular formula is C33H37N7O5. The fourth-order valence-corrected chi connectivity index (χ4v) is 6.76. The molecule has 0 aromatic carbocycles. The van der Waals surface area contributed by atoms with Crippen molar-refractivity contribution in [2.45, 2.75) is 45.1 Å². The molecule has 1 unspecified atom stereocenters. The van der Waals surface area contributed by atoms with Gasteiger partial charge in [0, 0.05) is 68.6 Å². The number of amides is 1.